The lowest BCUT2D eigenvalue weighted by atomic mass is 10.2. The highest BCUT2D eigenvalue weighted by molar-refractivity contribution is 7.71. The summed E-state index contributed by atoms with van der Waals surface area (Å²) in [6.07, 6.45) is 0. The molecule has 3 aromatic rings. The standard InChI is InChI=1S/C13H13N3S2/c1-8-4-3-5-10-12(8)15-13(17)16(10)6-11-14-9(2)7-18-11/h3-5,7H,6H2,1-2H3,(H,15,17). The van der Waals surface area contributed by atoms with Gasteiger partial charge in [-0.15, -0.1) is 11.3 Å². The lowest BCUT2D eigenvalue weighted by Crippen LogP contribution is -1.99. The van der Waals surface area contributed by atoms with Crippen molar-refractivity contribution < 1.29 is 0 Å². The molecular formula is C13H13N3S2. The van der Waals surface area contributed by atoms with Crippen molar-refractivity contribution >= 4 is 34.6 Å². The van der Waals surface area contributed by atoms with Gasteiger partial charge in [0.15, 0.2) is 4.77 Å². The van der Waals surface area contributed by atoms with Gasteiger partial charge >= 0.3 is 0 Å². The Hall–Kier alpha value is -1.46. The molecule has 0 aliphatic carbocycles. The monoisotopic (exact) mass is 275 g/mol. The van der Waals surface area contributed by atoms with Crippen LogP contribution >= 0.6 is 23.6 Å². The SMILES string of the molecule is Cc1csc(Cn2c(=S)[nH]c3c(C)cccc32)n1. The molecule has 0 spiro atoms. The van der Waals surface area contributed by atoms with Crippen molar-refractivity contribution in [3.63, 3.8) is 0 Å². The molecule has 0 radical (unpaired) electrons. The van der Waals surface area contributed by atoms with E-state index in [0.29, 0.717) is 0 Å². The van der Waals surface area contributed by atoms with Gasteiger partial charge in [0.2, 0.25) is 0 Å². The lowest BCUT2D eigenvalue weighted by molar-refractivity contribution is 0.800. The molecule has 0 aliphatic rings. The number of aromatic nitrogens is 3. The first kappa shape index (κ1) is 11.6. The van der Waals surface area contributed by atoms with Crippen molar-refractivity contribution in [2.24, 2.45) is 0 Å². The number of fused-ring (bicyclic) bond motifs is 1. The molecule has 0 aliphatic heterocycles. The van der Waals surface area contributed by atoms with E-state index < -0.39 is 0 Å². The van der Waals surface area contributed by atoms with E-state index in [2.05, 4.69) is 45.0 Å². The molecule has 0 unspecified atom stereocenters. The second-order valence-corrected chi connectivity index (χ2v) is 5.70. The van der Waals surface area contributed by atoms with Crippen molar-refractivity contribution in [1.82, 2.24) is 14.5 Å². The fourth-order valence-corrected chi connectivity index (χ4v) is 3.12. The third-order valence-electron chi connectivity index (χ3n) is 2.98. The van der Waals surface area contributed by atoms with Crippen LogP contribution in [0.15, 0.2) is 23.6 Å². The quantitative estimate of drug-likeness (QED) is 0.721. The Morgan fingerprint density at radius 2 is 2.22 bits per heavy atom. The first-order valence-electron chi connectivity index (χ1n) is 5.74. The Bertz CT molecular complexity index is 764. The van der Waals surface area contributed by atoms with Crippen molar-refractivity contribution in [2.45, 2.75) is 20.4 Å². The number of hydrogen-bond acceptors (Lipinski definition) is 3. The Morgan fingerprint density at radius 3 is 2.94 bits per heavy atom. The fourth-order valence-electron chi connectivity index (χ4n) is 2.09. The Morgan fingerprint density at radius 1 is 1.39 bits per heavy atom. The van der Waals surface area contributed by atoms with E-state index in [-0.39, 0.29) is 0 Å². The summed E-state index contributed by atoms with van der Waals surface area (Å²) in [6.45, 7) is 4.84. The van der Waals surface area contributed by atoms with Gasteiger partial charge in [-0.05, 0) is 37.7 Å². The molecule has 0 saturated heterocycles. The van der Waals surface area contributed by atoms with E-state index in [9.17, 15) is 0 Å². The minimum absolute atomic E-state index is 0.737. The van der Waals surface area contributed by atoms with Gasteiger partial charge in [-0.2, -0.15) is 0 Å². The van der Waals surface area contributed by atoms with Crippen LogP contribution in [0.2, 0.25) is 0 Å². The first-order valence-corrected chi connectivity index (χ1v) is 7.03. The van der Waals surface area contributed by atoms with Crippen LogP contribution in [0.5, 0.6) is 0 Å². The van der Waals surface area contributed by atoms with Gasteiger partial charge in [-0.25, -0.2) is 4.98 Å². The van der Waals surface area contributed by atoms with Gasteiger partial charge in [0.1, 0.15) is 5.01 Å². The van der Waals surface area contributed by atoms with Gasteiger partial charge in [-0.1, -0.05) is 12.1 Å². The molecule has 0 amide bonds. The topological polar surface area (TPSA) is 33.6 Å². The van der Waals surface area contributed by atoms with E-state index in [1.54, 1.807) is 11.3 Å². The molecule has 5 heteroatoms. The molecule has 0 bridgehead atoms. The zero-order chi connectivity index (χ0) is 12.7. The number of nitrogens with one attached hydrogen (secondary N) is 1. The maximum atomic E-state index is 5.40. The van der Waals surface area contributed by atoms with Crippen LogP contribution in [-0.4, -0.2) is 14.5 Å². The Balaban J connectivity index is 2.14. The average Bonchev–Trinajstić information content (AvgIpc) is 2.87. The molecule has 18 heavy (non-hydrogen) atoms. The predicted molar refractivity (Wildman–Crippen MR) is 77.8 cm³/mol. The van der Waals surface area contributed by atoms with Crippen LogP contribution in [0.1, 0.15) is 16.3 Å². The number of nitrogens with zero attached hydrogens (tertiary/aromatic N) is 2. The second-order valence-electron chi connectivity index (χ2n) is 4.37. The maximum Gasteiger partial charge on any atom is 0.178 e. The summed E-state index contributed by atoms with van der Waals surface area (Å²) in [6, 6.07) is 6.24. The van der Waals surface area contributed by atoms with E-state index >= 15 is 0 Å². The number of thiazole rings is 1. The first-order chi connectivity index (χ1) is 8.65. The van der Waals surface area contributed by atoms with E-state index in [0.717, 1.165) is 33.1 Å². The molecule has 3 nitrogen and oxygen atoms in total. The van der Waals surface area contributed by atoms with Crippen molar-refractivity contribution in [1.29, 1.82) is 0 Å². The molecule has 2 aromatic heterocycles. The van der Waals surface area contributed by atoms with Crippen molar-refractivity contribution in [3.05, 3.63) is 44.6 Å². The van der Waals surface area contributed by atoms with Gasteiger partial charge in [0, 0.05) is 11.1 Å². The summed E-state index contributed by atoms with van der Waals surface area (Å²) < 4.78 is 2.86. The minimum Gasteiger partial charge on any atom is -0.330 e. The average molecular weight is 275 g/mol. The number of H-pyrrole nitrogens is 1. The van der Waals surface area contributed by atoms with Crippen LogP contribution in [-0.2, 0) is 6.54 Å². The van der Waals surface area contributed by atoms with E-state index in [1.807, 2.05) is 6.92 Å². The zero-order valence-corrected chi connectivity index (χ0v) is 11.9. The molecular weight excluding hydrogens is 262 g/mol. The highest BCUT2D eigenvalue weighted by Gasteiger charge is 2.08. The summed E-state index contributed by atoms with van der Waals surface area (Å²) in [5, 5.41) is 3.16. The molecule has 1 N–H and O–H groups in total. The van der Waals surface area contributed by atoms with E-state index in [4.69, 9.17) is 12.2 Å². The lowest BCUT2D eigenvalue weighted by Gasteiger charge is -2.02. The minimum atomic E-state index is 0.737. The van der Waals surface area contributed by atoms with Crippen LogP contribution in [0.4, 0.5) is 0 Å². The third-order valence-corrected chi connectivity index (χ3v) is 4.25. The molecule has 92 valence electrons. The zero-order valence-electron chi connectivity index (χ0n) is 10.2. The summed E-state index contributed by atoms with van der Waals surface area (Å²) in [4.78, 5) is 7.77. The summed E-state index contributed by atoms with van der Waals surface area (Å²) in [5.74, 6) is 0. The number of hydrogen-bond donors (Lipinski definition) is 1. The number of benzene rings is 1. The summed E-state index contributed by atoms with van der Waals surface area (Å²) in [5.41, 5.74) is 4.55. The highest BCUT2D eigenvalue weighted by Crippen LogP contribution is 2.20. The summed E-state index contributed by atoms with van der Waals surface area (Å²) in [7, 11) is 0. The van der Waals surface area contributed by atoms with Gasteiger partial charge < -0.3 is 9.55 Å². The van der Waals surface area contributed by atoms with Crippen LogP contribution in [0, 0.1) is 18.6 Å². The molecule has 0 saturated carbocycles. The number of aryl methyl sites for hydroxylation is 2. The third kappa shape index (κ3) is 1.89. The normalized spacial score (nSPS) is 11.2. The largest absolute Gasteiger partial charge is 0.330 e. The highest BCUT2D eigenvalue weighted by atomic mass is 32.1. The van der Waals surface area contributed by atoms with Gasteiger partial charge in [0.05, 0.1) is 17.6 Å². The van der Waals surface area contributed by atoms with Crippen LogP contribution in [0.25, 0.3) is 11.0 Å². The van der Waals surface area contributed by atoms with Crippen molar-refractivity contribution in [3.8, 4) is 0 Å². The predicted octanol–water partition coefficient (Wildman–Crippen LogP) is 3.82. The van der Waals surface area contributed by atoms with Gasteiger partial charge in [0.25, 0.3) is 0 Å². The molecule has 0 atom stereocenters. The smallest absolute Gasteiger partial charge is 0.178 e. The molecule has 1 aromatic carbocycles. The van der Waals surface area contributed by atoms with Crippen LogP contribution in [0.3, 0.4) is 0 Å². The number of imidazole rings is 1. The van der Waals surface area contributed by atoms with E-state index in [1.165, 1.54) is 5.56 Å². The summed E-state index contributed by atoms with van der Waals surface area (Å²) >= 11 is 7.08. The second kappa shape index (κ2) is 4.33. The number of aromatic amines is 1. The molecule has 3 rings (SSSR count). The van der Waals surface area contributed by atoms with Crippen LogP contribution < -0.4 is 0 Å². The maximum absolute atomic E-state index is 5.40. The molecule has 0 fully saturated rings. The van der Waals surface area contributed by atoms with Gasteiger partial charge in [-0.3, -0.25) is 0 Å². The number of para-hydroxylation sites is 1. The Kier molecular flexibility index (Phi) is 2.80. The number of rotatable bonds is 2. The molecule has 2 heterocycles. The fraction of sp³-hybridized carbons (Fsp3) is 0.231. The van der Waals surface area contributed by atoms with Crippen molar-refractivity contribution in [2.75, 3.05) is 0 Å². The Labute approximate surface area is 114 Å².